The van der Waals surface area contributed by atoms with Gasteiger partial charge < -0.3 is 10.1 Å². The van der Waals surface area contributed by atoms with Gasteiger partial charge in [-0.1, -0.05) is 37.8 Å². The summed E-state index contributed by atoms with van der Waals surface area (Å²) in [5.74, 6) is 0.639. The Morgan fingerprint density at radius 1 is 1.14 bits per heavy atom. The number of hydrogen-bond donors (Lipinski definition) is 2. The van der Waals surface area contributed by atoms with Crippen LogP contribution in [0.3, 0.4) is 0 Å². The zero-order valence-corrected chi connectivity index (χ0v) is 16.7. The van der Waals surface area contributed by atoms with Crippen LogP contribution in [0.25, 0.3) is 11.0 Å². The lowest BCUT2D eigenvalue weighted by atomic mass is 9.86. The van der Waals surface area contributed by atoms with E-state index < -0.39 is 9.84 Å². The highest BCUT2D eigenvalue weighted by Gasteiger charge is 2.24. The number of benzene rings is 1. The quantitative estimate of drug-likeness (QED) is 0.629. The molecule has 1 unspecified atom stereocenters. The van der Waals surface area contributed by atoms with Crippen LogP contribution in [-0.2, 0) is 9.84 Å². The van der Waals surface area contributed by atoms with E-state index in [0.717, 1.165) is 28.7 Å². The van der Waals surface area contributed by atoms with E-state index in [4.69, 9.17) is 5.11 Å². The summed E-state index contributed by atoms with van der Waals surface area (Å²) in [6.07, 6.45) is 7.95. The Balaban J connectivity index is 1.68. The number of aromatic nitrogens is 2. The van der Waals surface area contributed by atoms with E-state index in [1.54, 1.807) is 18.3 Å². The second-order valence-corrected chi connectivity index (χ2v) is 9.83. The highest BCUT2D eigenvalue weighted by Crippen LogP contribution is 2.38. The van der Waals surface area contributed by atoms with Crippen molar-refractivity contribution in [1.82, 2.24) is 9.97 Å². The lowest BCUT2D eigenvalue weighted by molar-refractivity contribution is 0.319. The number of nitrogens with one attached hydrogen (secondary N) is 1. The van der Waals surface area contributed by atoms with Gasteiger partial charge in [0.15, 0.2) is 9.84 Å². The molecule has 1 aliphatic rings. The number of sulfone groups is 1. The number of hydrogen-bond acceptors (Lipinski definition) is 4. The smallest absolute Gasteiger partial charge is 0.180 e. The van der Waals surface area contributed by atoms with Gasteiger partial charge >= 0.3 is 0 Å². The molecule has 2 aromatic heterocycles. The van der Waals surface area contributed by atoms with Crippen molar-refractivity contribution in [3.63, 3.8) is 0 Å². The standard InChI is InChI=1S/C22H26N2O3S/c25-12-13-28(26,27)19-9-7-17(8-10-19)20(14-16-4-1-2-5-16)21-15-18-6-3-11-23-22(18)24-21/h3,6-11,15-16,20,25H,1-2,4-5,12-14H2,(H,23,24). The van der Waals surface area contributed by atoms with Crippen molar-refractivity contribution in [3.05, 3.63) is 59.9 Å². The Labute approximate surface area is 165 Å². The third-order valence-corrected chi connectivity index (χ3v) is 7.54. The maximum atomic E-state index is 12.2. The van der Waals surface area contributed by atoms with Gasteiger partial charge in [0.05, 0.1) is 17.3 Å². The van der Waals surface area contributed by atoms with E-state index >= 15 is 0 Å². The fraction of sp³-hybridized carbons (Fsp3) is 0.409. The number of nitrogens with zero attached hydrogens (tertiary/aromatic N) is 1. The second kappa shape index (κ2) is 8.05. The molecule has 0 saturated heterocycles. The number of fused-ring (bicyclic) bond motifs is 1. The molecule has 1 fully saturated rings. The van der Waals surface area contributed by atoms with Crippen molar-refractivity contribution < 1.29 is 13.5 Å². The average molecular weight is 399 g/mol. The number of aliphatic hydroxyl groups excluding tert-OH is 1. The molecule has 0 bridgehead atoms. The summed E-state index contributed by atoms with van der Waals surface area (Å²) in [6, 6.07) is 13.3. The van der Waals surface area contributed by atoms with Crippen molar-refractivity contribution >= 4 is 20.9 Å². The first-order valence-corrected chi connectivity index (χ1v) is 11.6. The van der Waals surface area contributed by atoms with Gasteiger partial charge in [-0.05, 0) is 48.2 Å². The first-order chi connectivity index (χ1) is 13.6. The predicted molar refractivity (Wildman–Crippen MR) is 110 cm³/mol. The molecule has 1 atom stereocenters. The number of aromatic amines is 1. The van der Waals surface area contributed by atoms with Crippen LogP contribution in [0.5, 0.6) is 0 Å². The first kappa shape index (κ1) is 19.2. The van der Waals surface area contributed by atoms with Crippen LogP contribution in [0.2, 0.25) is 0 Å². The van der Waals surface area contributed by atoms with Crippen LogP contribution in [-0.4, -0.2) is 35.9 Å². The summed E-state index contributed by atoms with van der Waals surface area (Å²) in [5.41, 5.74) is 3.13. The molecule has 0 radical (unpaired) electrons. The molecule has 0 spiro atoms. The fourth-order valence-electron chi connectivity index (χ4n) is 4.33. The van der Waals surface area contributed by atoms with Crippen LogP contribution in [0.4, 0.5) is 0 Å². The summed E-state index contributed by atoms with van der Waals surface area (Å²) in [7, 11) is -3.43. The normalized spacial score (nSPS) is 16.6. The molecule has 2 heterocycles. The van der Waals surface area contributed by atoms with Crippen LogP contribution in [0.1, 0.15) is 49.3 Å². The molecule has 1 aromatic carbocycles. The van der Waals surface area contributed by atoms with Gasteiger partial charge in [0.25, 0.3) is 0 Å². The van der Waals surface area contributed by atoms with Gasteiger partial charge in [-0.3, -0.25) is 0 Å². The SMILES string of the molecule is O=S(=O)(CCO)c1ccc(C(CC2CCCC2)c2cc3cccnc3[nH]2)cc1. The average Bonchev–Trinajstić information content (AvgIpc) is 3.35. The minimum Gasteiger partial charge on any atom is -0.395 e. The molecule has 2 N–H and O–H groups in total. The Bertz CT molecular complexity index is 1000. The Morgan fingerprint density at radius 3 is 2.57 bits per heavy atom. The highest BCUT2D eigenvalue weighted by molar-refractivity contribution is 7.91. The van der Waals surface area contributed by atoms with Crippen LogP contribution >= 0.6 is 0 Å². The van der Waals surface area contributed by atoms with Gasteiger partial charge in [-0.2, -0.15) is 0 Å². The monoisotopic (exact) mass is 398 g/mol. The van der Waals surface area contributed by atoms with Crippen molar-refractivity contribution in [2.45, 2.75) is 42.9 Å². The van der Waals surface area contributed by atoms with Crippen molar-refractivity contribution in [2.24, 2.45) is 5.92 Å². The van der Waals surface area contributed by atoms with E-state index in [0.29, 0.717) is 5.92 Å². The summed E-state index contributed by atoms with van der Waals surface area (Å²) >= 11 is 0. The van der Waals surface area contributed by atoms with Crippen LogP contribution in [0, 0.1) is 5.92 Å². The molecule has 4 rings (SSSR count). The second-order valence-electron chi connectivity index (χ2n) is 7.72. The highest BCUT2D eigenvalue weighted by atomic mass is 32.2. The third-order valence-electron chi connectivity index (χ3n) is 5.83. The summed E-state index contributed by atoms with van der Waals surface area (Å²) < 4.78 is 24.4. The minimum absolute atomic E-state index is 0.187. The zero-order valence-electron chi connectivity index (χ0n) is 15.8. The van der Waals surface area contributed by atoms with E-state index in [2.05, 4.69) is 22.1 Å². The molecule has 5 nitrogen and oxygen atoms in total. The van der Waals surface area contributed by atoms with Gasteiger partial charge in [0.2, 0.25) is 0 Å². The molecular weight excluding hydrogens is 372 g/mol. The number of pyridine rings is 1. The largest absolute Gasteiger partial charge is 0.395 e. The molecule has 1 saturated carbocycles. The summed E-state index contributed by atoms with van der Waals surface area (Å²) in [6.45, 7) is -0.365. The molecule has 1 aliphatic carbocycles. The van der Waals surface area contributed by atoms with E-state index in [-0.39, 0.29) is 23.2 Å². The van der Waals surface area contributed by atoms with Gasteiger partial charge in [-0.25, -0.2) is 13.4 Å². The Morgan fingerprint density at radius 2 is 1.89 bits per heavy atom. The summed E-state index contributed by atoms with van der Waals surface area (Å²) in [5, 5.41) is 10.1. The molecule has 0 aliphatic heterocycles. The molecule has 0 amide bonds. The molecular formula is C22H26N2O3S. The van der Waals surface area contributed by atoms with Crippen molar-refractivity contribution in [1.29, 1.82) is 0 Å². The molecule has 3 aromatic rings. The number of aliphatic hydroxyl groups is 1. The lowest BCUT2D eigenvalue weighted by Gasteiger charge is -2.20. The predicted octanol–water partition coefficient (Wildman–Crippen LogP) is 4.04. The molecule has 148 valence electrons. The Kier molecular flexibility index (Phi) is 5.51. The number of H-pyrrole nitrogens is 1. The van der Waals surface area contributed by atoms with Crippen LogP contribution in [0.15, 0.2) is 53.6 Å². The maximum absolute atomic E-state index is 12.2. The summed E-state index contributed by atoms with van der Waals surface area (Å²) in [4.78, 5) is 8.16. The number of rotatable bonds is 7. The topological polar surface area (TPSA) is 83.1 Å². The van der Waals surface area contributed by atoms with E-state index in [1.165, 1.54) is 25.7 Å². The zero-order chi connectivity index (χ0) is 19.6. The third kappa shape index (κ3) is 3.98. The maximum Gasteiger partial charge on any atom is 0.180 e. The van der Waals surface area contributed by atoms with Gasteiger partial charge in [0, 0.05) is 23.2 Å². The van der Waals surface area contributed by atoms with Gasteiger partial charge in [-0.15, -0.1) is 0 Å². The van der Waals surface area contributed by atoms with Crippen molar-refractivity contribution in [3.8, 4) is 0 Å². The first-order valence-electron chi connectivity index (χ1n) is 9.94. The fourth-order valence-corrected chi connectivity index (χ4v) is 5.36. The van der Waals surface area contributed by atoms with E-state index in [1.807, 2.05) is 18.2 Å². The minimum atomic E-state index is -3.43. The molecule has 28 heavy (non-hydrogen) atoms. The van der Waals surface area contributed by atoms with Crippen LogP contribution < -0.4 is 0 Å². The van der Waals surface area contributed by atoms with Gasteiger partial charge in [0.1, 0.15) is 5.65 Å². The molecule has 6 heteroatoms. The Hall–Kier alpha value is -2.18. The van der Waals surface area contributed by atoms with Crippen molar-refractivity contribution in [2.75, 3.05) is 12.4 Å². The van der Waals surface area contributed by atoms with E-state index in [9.17, 15) is 8.42 Å². The lowest BCUT2D eigenvalue weighted by Crippen LogP contribution is -2.11.